The first-order valence-electron chi connectivity index (χ1n) is 8.37. The molecule has 0 bridgehead atoms. The average molecular weight is 347 g/mol. The van der Waals surface area contributed by atoms with Crippen molar-refractivity contribution >= 4 is 26.7 Å². The Labute approximate surface area is 141 Å². The zero-order valence-corrected chi connectivity index (χ0v) is 14.5. The molecule has 24 heavy (non-hydrogen) atoms. The van der Waals surface area contributed by atoms with E-state index in [2.05, 4.69) is 24.6 Å². The van der Waals surface area contributed by atoms with E-state index in [1.54, 1.807) is 12.4 Å². The molecule has 2 fully saturated rings. The maximum atomic E-state index is 12.1. The third-order valence-electron chi connectivity index (χ3n) is 4.68. The smallest absolute Gasteiger partial charge is 0.214 e. The van der Waals surface area contributed by atoms with Crippen molar-refractivity contribution < 1.29 is 8.42 Å². The van der Waals surface area contributed by atoms with Gasteiger partial charge in [0.25, 0.3) is 0 Å². The summed E-state index contributed by atoms with van der Waals surface area (Å²) in [5.41, 5.74) is 0.844. The summed E-state index contributed by atoms with van der Waals surface area (Å²) in [6.45, 7) is 3.45. The third-order valence-corrected chi connectivity index (χ3v) is 6.69. The van der Waals surface area contributed by atoms with Gasteiger partial charge in [0.1, 0.15) is 11.6 Å². The number of fused-ring (bicyclic) bond motifs is 1. The summed E-state index contributed by atoms with van der Waals surface area (Å²) in [6, 6.07) is 1.97. The summed E-state index contributed by atoms with van der Waals surface area (Å²) < 4.78 is 27.0. The van der Waals surface area contributed by atoms with Crippen LogP contribution in [0, 0.1) is 6.92 Å². The minimum Gasteiger partial charge on any atom is -0.356 e. The molecule has 4 rings (SSSR count). The van der Waals surface area contributed by atoms with Gasteiger partial charge in [0.2, 0.25) is 10.0 Å². The van der Waals surface area contributed by atoms with Crippen molar-refractivity contribution in [2.45, 2.75) is 43.9 Å². The minimum absolute atomic E-state index is 0.0303. The van der Waals surface area contributed by atoms with Gasteiger partial charge in [-0.15, -0.1) is 0 Å². The van der Waals surface area contributed by atoms with Gasteiger partial charge < -0.3 is 4.90 Å². The predicted octanol–water partition coefficient (Wildman–Crippen LogP) is 1.38. The molecule has 1 saturated carbocycles. The van der Waals surface area contributed by atoms with Gasteiger partial charge in [-0.25, -0.2) is 23.1 Å². The van der Waals surface area contributed by atoms with E-state index in [1.807, 2.05) is 13.0 Å². The molecule has 2 aromatic rings. The van der Waals surface area contributed by atoms with Gasteiger partial charge in [-0.1, -0.05) is 0 Å². The van der Waals surface area contributed by atoms with E-state index in [-0.39, 0.29) is 11.3 Å². The van der Waals surface area contributed by atoms with Crippen LogP contribution in [0.5, 0.6) is 0 Å². The molecular weight excluding hydrogens is 326 g/mol. The van der Waals surface area contributed by atoms with Crippen LogP contribution < -0.4 is 9.62 Å². The normalized spacial score (nSPS) is 19.8. The van der Waals surface area contributed by atoms with Gasteiger partial charge in [0.05, 0.1) is 17.0 Å². The van der Waals surface area contributed by atoms with E-state index in [9.17, 15) is 8.42 Å². The molecule has 8 heteroatoms. The van der Waals surface area contributed by atoms with Crippen molar-refractivity contribution in [1.82, 2.24) is 19.7 Å². The first-order chi connectivity index (χ1) is 11.5. The van der Waals surface area contributed by atoms with Gasteiger partial charge in [-0.2, -0.15) is 0 Å². The Morgan fingerprint density at radius 3 is 2.62 bits per heavy atom. The van der Waals surface area contributed by atoms with Crippen LogP contribution in [0.25, 0.3) is 10.9 Å². The Hall–Kier alpha value is -1.80. The zero-order chi connectivity index (χ0) is 16.7. The molecule has 3 heterocycles. The maximum Gasteiger partial charge on any atom is 0.214 e. The molecule has 0 atom stereocenters. The monoisotopic (exact) mass is 347 g/mol. The van der Waals surface area contributed by atoms with Crippen LogP contribution in [0.2, 0.25) is 0 Å². The fourth-order valence-corrected chi connectivity index (χ4v) is 4.88. The molecule has 0 spiro atoms. The topological polar surface area (TPSA) is 88.1 Å². The maximum absolute atomic E-state index is 12.1. The number of hydrogen-bond acceptors (Lipinski definition) is 6. The largest absolute Gasteiger partial charge is 0.356 e. The Morgan fingerprint density at radius 1 is 1.17 bits per heavy atom. The van der Waals surface area contributed by atoms with Gasteiger partial charge in [-0.05, 0) is 38.7 Å². The number of aryl methyl sites for hydroxylation is 1. The number of nitrogens with one attached hydrogen (secondary N) is 1. The molecule has 0 unspecified atom stereocenters. The second-order valence-corrected chi connectivity index (χ2v) is 8.60. The van der Waals surface area contributed by atoms with Crippen LogP contribution in [0.15, 0.2) is 18.5 Å². The summed E-state index contributed by atoms with van der Waals surface area (Å²) in [5.74, 6) is 1.64. The fraction of sp³-hybridized carbons (Fsp3) is 0.562. The van der Waals surface area contributed by atoms with Crippen LogP contribution in [-0.2, 0) is 10.0 Å². The standard InChI is InChI=1S/C16H21N5O2S/c1-11-18-15-10-17-7-4-14(15)16(19-11)21-8-5-12(6-9-21)20-24(22,23)13-2-3-13/h4,7,10,12-13,20H,2-3,5-6,8-9H2,1H3. The van der Waals surface area contributed by atoms with E-state index in [0.717, 1.165) is 61.3 Å². The predicted molar refractivity (Wildman–Crippen MR) is 92.4 cm³/mol. The van der Waals surface area contributed by atoms with Crippen LogP contribution in [-0.4, -0.2) is 47.8 Å². The quantitative estimate of drug-likeness (QED) is 0.899. The highest BCUT2D eigenvalue weighted by Gasteiger charge is 2.37. The number of nitrogens with zero attached hydrogens (tertiary/aromatic N) is 4. The number of piperidine rings is 1. The molecule has 1 N–H and O–H groups in total. The third kappa shape index (κ3) is 3.08. The summed E-state index contributed by atoms with van der Waals surface area (Å²) in [7, 11) is -3.11. The highest BCUT2D eigenvalue weighted by Crippen LogP contribution is 2.29. The van der Waals surface area contributed by atoms with Crippen molar-refractivity contribution in [3.63, 3.8) is 0 Å². The Balaban J connectivity index is 1.50. The van der Waals surface area contributed by atoms with Gasteiger partial charge in [0.15, 0.2) is 0 Å². The number of aromatic nitrogens is 3. The lowest BCUT2D eigenvalue weighted by Gasteiger charge is -2.33. The first-order valence-corrected chi connectivity index (χ1v) is 9.92. The lowest BCUT2D eigenvalue weighted by atomic mass is 10.1. The molecule has 1 aliphatic heterocycles. The Bertz CT molecular complexity index is 858. The number of anilines is 1. The van der Waals surface area contributed by atoms with Crippen molar-refractivity contribution in [3.05, 3.63) is 24.3 Å². The fourth-order valence-electron chi connectivity index (χ4n) is 3.23. The Kier molecular flexibility index (Phi) is 3.88. The lowest BCUT2D eigenvalue weighted by molar-refractivity contribution is 0.458. The summed E-state index contributed by atoms with van der Waals surface area (Å²) in [5, 5.41) is 0.837. The number of hydrogen-bond donors (Lipinski definition) is 1. The summed E-state index contributed by atoms with van der Waals surface area (Å²) >= 11 is 0. The van der Waals surface area contributed by atoms with Crippen molar-refractivity contribution in [2.24, 2.45) is 0 Å². The molecule has 2 aromatic heterocycles. The van der Waals surface area contributed by atoms with E-state index in [4.69, 9.17) is 0 Å². The molecule has 2 aliphatic rings. The molecule has 128 valence electrons. The van der Waals surface area contributed by atoms with Gasteiger partial charge in [-0.3, -0.25) is 4.98 Å². The Morgan fingerprint density at radius 2 is 1.92 bits per heavy atom. The highest BCUT2D eigenvalue weighted by molar-refractivity contribution is 7.90. The lowest BCUT2D eigenvalue weighted by Crippen LogP contribution is -2.45. The van der Waals surface area contributed by atoms with Crippen molar-refractivity contribution in [3.8, 4) is 0 Å². The summed E-state index contributed by atoms with van der Waals surface area (Å²) in [4.78, 5) is 15.4. The van der Waals surface area contributed by atoms with Crippen LogP contribution in [0.3, 0.4) is 0 Å². The van der Waals surface area contributed by atoms with Gasteiger partial charge in [0, 0.05) is 30.7 Å². The highest BCUT2D eigenvalue weighted by atomic mass is 32.2. The van der Waals surface area contributed by atoms with Crippen LogP contribution in [0.4, 0.5) is 5.82 Å². The first kappa shape index (κ1) is 15.7. The minimum atomic E-state index is -3.11. The second kappa shape index (κ2) is 5.93. The molecule has 1 saturated heterocycles. The molecule has 0 amide bonds. The van der Waals surface area contributed by atoms with E-state index in [0.29, 0.717) is 0 Å². The molecule has 0 aromatic carbocycles. The van der Waals surface area contributed by atoms with E-state index >= 15 is 0 Å². The number of rotatable bonds is 4. The number of sulfonamides is 1. The SMILES string of the molecule is Cc1nc(N2CCC(NS(=O)(=O)C3CC3)CC2)c2ccncc2n1. The van der Waals surface area contributed by atoms with Crippen LogP contribution >= 0.6 is 0 Å². The summed E-state index contributed by atoms with van der Waals surface area (Å²) in [6.07, 6.45) is 6.69. The number of pyridine rings is 1. The van der Waals surface area contributed by atoms with E-state index in [1.165, 1.54) is 0 Å². The molecule has 1 aliphatic carbocycles. The molecule has 0 radical (unpaired) electrons. The van der Waals surface area contributed by atoms with Gasteiger partial charge >= 0.3 is 0 Å². The zero-order valence-electron chi connectivity index (χ0n) is 13.6. The second-order valence-electron chi connectivity index (χ2n) is 6.61. The average Bonchev–Trinajstić information content (AvgIpc) is 3.40. The molecule has 7 nitrogen and oxygen atoms in total. The van der Waals surface area contributed by atoms with Crippen LogP contribution in [0.1, 0.15) is 31.5 Å². The molecular formula is C16H21N5O2S. The van der Waals surface area contributed by atoms with Crippen molar-refractivity contribution in [1.29, 1.82) is 0 Å². The van der Waals surface area contributed by atoms with E-state index < -0.39 is 10.0 Å². The van der Waals surface area contributed by atoms with Crippen molar-refractivity contribution in [2.75, 3.05) is 18.0 Å².